The second-order valence-corrected chi connectivity index (χ2v) is 2.91. The molecular formula is C10H21O. The third-order valence-corrected chi connectivity index (χ3v) is 1.76. The average Bonchev–Trinajstić information content (AvgIpc) is 2.03. The smallest absolute Gasteiger partial charge is 0.0840 e. The van der Waals surface area contributed by atoms with Crippen LogP contribution in [-0.4, -0.2) is 6.10 Å². The highest BCUT2D eigenvalue weighted by Crippen LogP contribution is 2.09. The minimum Gasteiger partial charge on any atom is -0.372 e. The Labute approximate surface area is 71.1 Å². The van der Waals surface area contributed by atoms with E-state index < -0.39 is 0 Å². The van der Waals surface area contributed by atoms with Crippen LogP contribution in [0.15, 0.2) is 0 Å². The maximum absolute atomic E-state index is 5.55. The molecule has 1 atom stereocenters. The average molecular weight is 157 g/mol. The Balaban J connectivity index is 3.20. The highest BCUT2D eigenvalue weighted by atomic mass is 16.5. The molecule has 0 spiro atoms. The molecule has 11 heavy (non-hydrogen) atoms. The van der Waals surface area contributed by atoms with Gasteiger partial charge in [0.05, 0.1) is 12.7 Å². The first-order valence-electron chi connectivity index (χ1n) is 4.82. The molecule has 0 aliphatic rings. The summed E-state index contributed by atoms with van der Waals surface area (Å²) in [6.45, 7) is 8.51. The topological polar surface area (TPSA) is 9.23 Å². The van der Waals surface area contributed by atoms with Crippen molar-refractivity contribution in [2.24, 2.45) is 0 Å². The molecule has 0 aliphatic heterocycles. The molecule has 0 bridgehead atoms. The van der Waals surface area contributed by atoms with Crippen molar-refractivity contribution in [2.75, 3.05) is 0 Å². The summed E-state index contributed by atoms with van der Waals surface area (Å²) in [4.78, 5) is 0. The number of unbranched alkanes of at least 4 members (excludes halogenated alkanes) is 1. The third kappa shape index (κ3) is 6.36. The first kappa shape index (κ1) is 11.0. The van der Waals surface area contributed by atoms with Crippen molar-refractivity contribution >= 4 is 0 Å². The first-order chi connectivity index (χ1) is 5.35. The summed E-state index contributed by atoms with van der Waals surface area (Å²) in [6.07, 6.45) is 6.28. The van der Waals surface area contributed by atoms with Crippen molar-refractivity contribution in [3.05, 3.63) is 6.61 Å². The fourth-order valence-electron chi connectivity index (χ4n) is 1.01. The van der Waals surface area contributed by atoms with Gasteiger partial charge in [0.2, 0.25) is 0 Å². The van der Waals surface area contributed by atoms with E-state index in [0.29, 0.717) is 6.10 Å². The minimum atomic E-state index is 0.464. The van der Waals surface area contributed by atoms with Gasteiger partial charge in [0.15, 0.2) is 0 Å². The Hall–Kier alpha value is -0.0400. The monoisotopic (exact) mass is 157 g/mol. The standard InChI is InChI=1S/C10H21O/c1-4-7-9-11-10(6-3)8-5-2/h9-10H,4-8H2,1-3H3. The molecule has 1 heteroatoms. The van der Waals surface area contributed by atoms with Crippen LogP contribution in [-0.2, 0) is 4.74 Å². The van der Waals surface area contributed by atoms with Gasteiger partial charge in [-0.3, -0.25) is 0 Å². The van der Waals surface area contributed by atoms with Crippen LogP contribution in [0.4, 0.5) is 0 Å². The van der Waals surface area contributed by atoms with Crippen molar-refractivity contribution < 1.29 is 4.74 Å². The van der Waals surface area contributed by atoms with Gasteiger partial charge in [0, 0.05) is 0 Å². The molecule has 0 aromatic heterocycles. The van der Waals surface area contributed by atoms with Gasteiger partial charge in [-0.05, 0) is 19.3 Å². The summed E-state index contributed by atoms with van der Waals surface area (Å²) >= 11 is 0. The van der Waals surface area contributed by atoms with E-state index in [9.17, 15) is 0 Å². The molecule has 1 unspecified atom stereocenters. The molecule has 0 N–H and O–H groups in total. The SMILES string of the molecule is CCC[CH]OC(CC)CCC. The second-order valence-electron chi connectivity index (χ2n) is 2.91. The Morgan fingerprint density at radius 3 is 2.36 bits per heavy atom. The summed E-state index contributed by atoms with van der Waals surface area (Å²) in [6, 6.07) is 0. The molecule has 0 amide bonds. The molecule has 1 radical (unpaired) electrons. The molecule has 67 valence electrons. The van der Waals surface area contributed by atoms with Crippen molar-refractivity contribution in [2.45, 2.75) is 59.0 Å². The minimum absolute atomic E-state index is 0.464. The molecule has 0 heterocycles. The maximum atomic E-state index is 5.55. The summed E-state index contributed by atoms with van der Waals surface area (Å²) in [5.74, 6) is 0. The molecule has 0 saturated heterocycles. The van der Waals surface area contributed by atoms with E-state index in [4.69, 9.17) is 4.74 Å². The Morgan fingerprint density at radius 2 is 1.91 bits per heavy atom. The predicted molar refractivity (Wildman–Crippen MR) is 49.3 cm³/mol. The van der Waals surface area contributed by atoms with Gasteiger partial charge in [-0.15, -0.1) is 0 Å². The van der Waals surface area contributed by atoms with Crippen LogP contribution in [0, 0.1) is 6.61 Å². The van der Waals surface area contributed by atoms with Gasteiger partial charge in [-0.1, -0.05) is 33.6 Å². The lowest BCUT2D eigenvalue weighted by atomic mass is 10.1. The van der Waals surface area contributed by atoms with Crippen molar-refractivity contribution in [1.29, 1.82) is 0 Å². The number of hydrogen-bond acceptors (Lipinski definition) is 1. The van der Waals surface area contributed by atoms with Gasteiger partial charge in [0.25, 0.3) is 0 Å². The lowest BCUT2D eigenvalue weighted by Crippen LogP contribution is -2.09. The first-order valence-corrected chi connectivity index (χ1v) is 4.82. The van der Waals surface area contributed by atoms with E-state index in [1.165, 1.54) is 19.3 Å². The zero-order valence-corrected chi connectivity index (χ0v) is 8.10. The van der Waals surface area contributed by atoms with Gasteiger partial charge < -0.3 is 4.74 Å². The summed E-state index contributed by atoms with van der Waals surface area (Å²) < 4.78 is 5.55. The van der Waals surface area contributed by atoms with E-state index in [1.54, 1.807) is 0 Å². The molecule has 0 saturated carbocycles. The normalized spacial score (nSPS) is 13.4. The van der Waals surface area contributed by atoms with E-state index in [1.807, 2.05) is 6.61 Å². The number of rotatable bonds is 7. The van der Waals surface area contributed by atoms with E-state index in [0.717, 1.165) is 12.8 Å². The van der Waals surface area contributed by atoms with Crippen molar-refractivity contribution in [1.82, 2.24) is 0 Å². The van der Waals surface area contributed by atoms with Gasteiger partial charge >= 0.3 is 0 Å². The van der Waals surface area contributed by atoms with Crippen LogP contribution in [0.3, 0.4) is 0 Å². The zero-order valence-electron chi connectivity index (χ0n) is 8.10. The highest BCUT2D eigenvalue weighted by molar-refractivity contribution is 4.58. The molecular weight excluding hydrogens is 136 g/mol. The van der Waals surface area contributed by atoms with E-state index in [-0.39, 0.29) is 0 Å². The lowest BCUT2D eigenvalue weighted by Gasteiger charge is -2.13. The van der Waals surface area contributed by atoms with Gasteiger partial charge in [-0.25, -0.2) is 0 Å². The molecule has 0 rings (SSSR count). The van der Waals surface area contributed by atoms with E-state index >= 15 is 0 Å². The molecule has 0 aromatic carbocycles. The Morgan fingerprint density at radius 1 is 1.18 bits per heavy atom. The third-order valence-electron chi connectivity index (χ3n) is 1.76. The van der Waals surface area contributed by atoms with Crippen LogP contribution >= 0.6 is 0 Å². The Kier molecular flexibility index (Phi) is 8.03. The molecule has 0 aromatic rings. The maximum Gasteiger partial charge on any atom is 0.0840 e. The van der Waals surface area contributed by atoms with E-state index in [2.05, 4.69) is 20.8 Å². The summed E-state index contributed by atoms with van der Waals surface area (Å²) in [5.41, 5.74) is 0. The van der Waals surface area contributed by atoms with Crippen molar-refractivity contribution in [3.63, 3.8) is 0 Å². The van der Waals surface area contributed by atoms with Crippen LogP contribution in [0.1, 0.15) is 52.9 Å². The van der Waals surface area contributed by atoms with Crippen LogP contribution in [0.25, 0.3) is 0 Å². The zero-order chi connectivity index (χ0) is 8.53. The number of hydrogen-bond donors (Lipinski definition) is 0. The van der Waals surface area contributed by atoms with Crippen LogP contribution < -0.4 is 0 Å². The summed E-state index contributed by atoms with van der Waals surface area (Å²) in [7, 11) is 0. The highest BCUT2D eigenvalue weighted by Gasteiger charge is 2.03. The fourth-order valence-corrected chi connectivity index (χ4v) is 1.01. The second kappa shape index (κ2) is 8.06. The molecule has 0 fully saturated rings. The quantitative estimate of drug-likeness (QED) is 0.513. The van der Waals surface area contributed by atoms with Crippen LogP contribution in [0.5, 0.6) is 0 Å². The molecule has 0 aliphatic carbocycles. The fraction of sp³-hybridized carbons (Fsp3) is 0.900. The predicted octanol–water partition coefficient (Wildman–Crippen LogP) is 3.54. The van der Waals surface area contributed by atoms with Crippen LogP contribution in [0.2, 0.25) is 0 Å². The Bertz CT molecular complexity index is 71.3. The van der Waals surface area contributed by atoms with Crippen molar-refractivity contribution in [3.8, 4) is 0 Å². The summed E-state index contributed by atoms with van der Waals surface area (Å²) in [5, 5.41) is 0. The largest absolute Gasteiger partial charge is 0.372 e. The van der Waals surface area contributed by atoms with Gasteiger partial charge in [0.1, 0.15) is 0 Å². The number of ether oxygens (including phenoxy) is 1. The lowest BCUT2D eigenvalue weighted by molar-refractivity contribution is 0.0891. The molecule has 1 nitrogen and oxygen atoms in total. The van der Waals surface area contributed by atoms with Gasteiger partial charge in [-0.2, -0.15) is 0 Å².